The number of fused-ring (bicyclic) bond motifs is 1. The van der Waals surface area contributed by atoms with E-state index in [0.29, 0.717) is 17.3 Å². The number of nitrogens with zero attached hydrogens (tertiary/aromatic N) is 4. The molecule has 3 aromatic rings. The van der Waals surface area contributed by atoms with E-state index in [4.69, 9.17) is 4.74 Å². The van der Waals surface area contributed by atoms with Crippen molar-refractivity contribution in [2.45, 2.75) is 6.54 Å². The summed E-state index contributed by atoms with van der Waals surface area (Å²) in [4.78, 5) is 28.7. The average molecular weight is 375 g/mol. The molecule has 2 aromatic heterocycles. The fraction of sp³-hybridized carbons (Fsp3) is 0.250. The van der Waals surface area contributed by atoms with Gasteiger partial charge >= 0.3 is 5.82 Å². The van der Waals surface area contributed by atoms with E-state index in [-0.39, 0.29) is 24.1 Å². The zero-order valence-corrected chi connectivity index (χ0v) is 15.0. The number of imidazole rings is 1. The van der Waals surface area contributed by atoms with Gasteiger partial charge in [-0.1, -0.05) is 23.5 Å². The van der Waals surface area contributed by atoms with Crippen molar-refractivity contribution in [3.8, 4) is 5.75 Å². The minimum Gasteiger partial charge on any atom is -0.484 e. The van der Waals surface area contributed by atoms with Gasteiger partial charge in [-0.05, 0) is 22.6 Å². The predicted octanol–water partition coefficient (Wildman–Crippen LogP) is 2.38. The summed E-state index contributed by atoms with van der Waals surface area (Å²) in [6, 6.07) is 7.19. The Morgan fingerprint density at radius 2 is 2.27 bits per heavy atom. The molecule has 0 aliphatic heterocycles. The number of carbonyl (C=O) groups is 1. The topological polar surface area (TPSA) is 102 Å². The van der Waals surface area contributed by atoms with Crippen molar-refractivity contribution in [2.75, 3.05) is 26.0 Å². The largest absolute Gasteiger partial charge is 0.484 e. The standard InChI is InChI=1S/C16H17N5O4S/c1-19(2)13(22)10-25-12-5-3-4-11(8-12)9-17-14-15(21(23)24)20-6-7-26-16(20)18-14/h3-8,17H,9-10H2,1-2H3. The summed E-state index contributed by atoms with van der Waals surface area (Å²) in [6.07, 6.45) is 1.62. The average Bonchev–Trinajstić information content (AvgIpc) is 3.18. The molecule has 0 saturated carbocycles. The number of likely N-dealkylation sites (N-methyl/N-ethyl adjacent to an activating group) is 1. The number of nitro groups is 1. The summed E-state index contributed by atoms with van der Waals surface area (Å²) >= 11 is 1.33. The van der Waals surface area contributed by atoms with Crippen LogP contribution in [0.2, 0.25) is 0 Å². The third kappa shape index (κ3) is 3.75. The second-order valence-corrected chi connectivity index (χ2v) is 6.55. The number of thiazole rings is 1. The molecule has 1 aromatic carbocycles. The Morgan fingerprint density at radius 3 is 3.00 bits per heavy atom. The number of ether oxygens (including phenoxy) is 1. The summed E-state index contributed by atoms with van der Waals surface area (Å²) in [5.41, 5.74) is 0.852. The lowest BCUT2D eigenvalue weighted by Crippen LogP contribution is -2.27. The molecule has 1 N–H and O–H groups in total. The molecular weight excluding hydrogens is 358 g/mol. The van der Waals surface area contributed by atoms with Gasteiger partial charge < -0.3 is 25.1 Å². The zero-order valence-electron chi connectivity index (χ0n) is 14.2. The molecule has 0 bridgehead atoms. The molecule has 2 heterocycles. The predicted molar refractivity (Wildman–Crippen MR) is 97.7 cm³/mol. The van der Waals surface area contributed by atoms with E-state index in [1.807, 2.05) is 6.07 Å². The van der Waals surface area contributed by atoms with Crippen molar-refractivity contribution in [3.63, 3.8) is 0 Å². The van der Waals surface area contributed by atoms with E-state index in [2.05, 4.69) is 10.3 Å². The van der Waals surface area contributed by atoms with Gasteiger partial charge in [-0.15, -0.1) is 0 Å². The third-order valence-electron chi connectivity index (χ3n) is 3.63. The van der Waals surface area contributed by atoms with Gasteiger partial charge in [-0.2, -0.15) is 9.38 Å². The Morgan fingerprint density at radius 1 is 1.46 bits per heavy atom. The van der Waals surface area contributed by atoms with Crippen molar-refractivity contribution in [1.82, 2.24) is 14.3 Å². The SMILES string of the molecule is CN(C)C(=O)COc1cccc(CNc2nc3sccn3c2[N+](=O)[O-])c1. The van der Waals surface area contributed by atoms with Crippen LogP contribution in [0.25, 0.3) is 4.96 Å². The van der Waals surface area contributed by atoms with Gasteiger partial charge in [0.15, 0.2) is 6.61 Å². The molecule has 26 heavy (non-hydrogen) atoms. The van der Waals surface area contributed by atoms with Gasteiger partial charge in [0.25, 0.3) is 10.9 Å². The number of anilines is 1. The highest BCUT2D eigenvalue weighted by molar-refractivity contribution is 7.15. The number of carbonyl (C=O) groups excluding carboxylic acids is 1. The van der Waals surface area contributed by atoms with Crippen LogP contribution in [0.4, 0.5) is 11.6 Å². The van der Waals surface area contributed by atoms with Crippen LogP contribution in [-0.2, 0) is 11.3 Å². The molecule has 0 radical (unpaired) electrons. The smallest absolute Gasteiger partial charge is 0.372 e. The first kappa shape index (κ1) is 17.7. The molecule has 10 heteroatoms. The summed E-state index contributed by atoms with van der Waals surface area (Å²) in [5.74, 6) is 0.545. The Kier molecular flexibility index (Phi) is 5.03. The first-order chi connectivity index (χ1) is 12.5. The van der Waals surface area contributed by atoms with Gasteiger partial charge in [0.05, 0.1) is 0 Å². The summed E-state index contributed by atoms with van der Waals surface area (Å²) < 4.78 is 6.92. The Labute approximate surface area is 153 Å². The highest BCUT2D eigenvalue weighted by Gasteiger charge is 2.23. The number of hydrogen-bond acceptors (Lipinski definition) is 7. The van der Waals surface area contributed by atoms with Crippen molar-refractivity contribution in [2.24, 2.45) is 0 Å². The van der Waals surface area contributed by atoms with Crippen LogP contribution < -0.4 is 10.1 Å². The molecule has 0 spiro atoms. The maximum absolute atomic E-state index is 11.6. The molecule has 3 rings (SSSR count). The van der Waals surface area contributed by atoms with Crippen molar-refractivity contribution in [1.29, 1.82) is 0 Å². The molecule has 0 unspecified atom stereocenters. The Bertz CT molecular complexity index is 949. The van der Waals surface area contributed by atoms with Crippen LogP contribution in [0.15, 0.2) is 35.8 Å². The van der Waals surface area contributed by atoms with Crippen LogP contribution >= 0.6 is 11.3 Å². The highest BCUT2D eigenvalue weighted by atomic mass is 32.1. The lowest BCUT2D eigenvalue weighted by atomic mass is 10.2. The number of benzene rings is 1. The monoisotopic (exact) mass is 375 g/mol. The quantitative estimate of drug-likeness (QED) is 0.502. The van der Waals surface area contributed by atoms with E-state index in [1.54, 1.807) is 43.9 Å². The summed E-state index contributed by atoms with van der Waals surface area (Å²) in [6.45, 7) is 0.289. The summed E-state index contributed by atoms with van der Waals surface area (Å²) in [5, 5.41) is 16.1. The number of rotatable bonds is 7. The molecule has 136 valence electrons. The van der Waals surface area contributed by atoms with Gasteiger partial charge in [0.1, 0.15) is 11.9 Å². The molecule has 0 aliphatic carbocycles. The molecule has 0 fully saturated rings. The fourth-order valence-corrected chi connectivity index (χ4v) is 2.98. The highest BCUT2D eigenvalue weighted by Crippen LogP contribution is 2.28. The van der Waals surface area contributed by atoms with Gasteiger partial charge in [-0.25, -0.2) is 0 Å². The molecule has 0 atom stereocenters. The fourth-order valence-electron chi connectivity index (χ4n) is 2.27. The summed E-state index contributed by atoms with van der Waals surface area (Å²) in [7, 11) is 3.32. The second-order valence-electron chi connectivity index (χ2n) is 5.67. The third-order valence-corrected chi connectivity index (χ3v) is 4.39. The van der Waals surface area contributed by atoms with Crippen molar-refractivity contribution >= 4 is 33.8 Å². The van der Waals surface area contributed by atoms with Gasteiger partial charge in [-0.3, -0.25) is 4.79 Å². The lowest BCUT2D eigenvalue weighted by molar-refractivity contribution is -0.389. The van der Waals surface area contributed by atoms with E-state index in [1.165, 1.54) is 20.6 Å². The molecule has 1 amide bonds. The van der Waals surface area contributed by atoms with E-state index in [0.717, 1.165) is 5.56 Å². The van der Waals surface area contributed by atoms with Crippen LogP contribution in [0.1, 0.15) is 5.56 Å². The minimum atomic E-state index is -0.457. The molecule has 0 aliphatic rings. The molecule has 9 nitrogen and oxygen atoms in total. The first-order valence-corrected chi connectivity index (χ1v) is 8.59. The van der Waals surface area contributed by atoms with Crippen molar-refractivity contribution < 1.29 is 14.5 Å². The van der Waals surface area contributed by atoms with Crippen LogP contribution in [0, 0.1) is 10.1 Å². The number of nitrogens with one attached hydrogen (secondary N) is 1. The Hall–Kier alpha value is -3.14. The van der Waals surface area contributed by atoms with Gasteiger partial charge in [0.2, 0.25) is 5.82 Å². The number of hydrogen-bond donors (Lipinski definition) is 1. The van der Waals surface area contributed by atoms with Crippen LogP contribution in [0.3, 0.4) is 0 Å². The first-order valence-electron chi connectivity index (χ1n) is 7.71. The van der Waals surface area contributed by atoms with E-state index >= 15 is 0 Å². The van der Waals surface area contributed by atoms with Crippen LogP contribution in [-0.4, -0.2) is 45.8 Å². The van der Waals surface area contributed by atoms with E-state index < -0.39 is 4.92 Å². The molecule has 0 saturated heterocycles. The lowest BCUT2D eigenvalue weighted by Gasteiger charge is -2.12. The maximum Gasteiger partial charge on any atom is 0.372 e. The number of amides is 1. The van der Waals surface area contributed by atoms with Crippen molar-refractivity contribution in [3.05, 3.63) is 51.5 Å². The van der Waals surface area contributed by atoms with Gasteiger partial charge in [0, 0.05) is 26.0 Å². The second kappa shape index (κ2) is 7.40. The van der Waals surface area contributed by atoms with Crippen LogP contribution in [0.5, 0.6) is 5.75 Å². The zero-order chi connectivity index (χ0) is 18.7. The minimum absolute atomic E-state index is 0.0489. The Balaban J connectivity index is 1.69. The normalized spacial score (nSPS) is 10.7. The van der Waals surface area contributed by atoms with E-state index in [9.17, 15) is 14.9 Å². The maximum atomic E-state index is 11.6. The molecular formula is C16H17N5O4S. The number of aromatic nitrogens is 2.